The number of amides is 2. The smallest absolute Gasteiger partial charge is 0.262 e. The van der Waals surface area contributed by atoms with E-state index < -0.39 is 0 Å². The lowest BCUT2D eigenvalue weighted by molar-refractivity contribution is -0.118. The van der Waals surface area contributed by atoms with Gasteiger partial charge in [-0.3, -0.25) is 14.5 Å². The number of likely N-dealkylation sites (N-methyl/N-ethyl adjacent to an activating group) is 1. The minimum Gasteiger partial charge on any atom is -0.482 e. The van der Waals surface area contributed by atoms with Crippen molar-refractivity contribution in [2.75, 3.05) is 31.6 Å². The molecule has 0 aromatic heterocycles. The van der Waals surface area contributed by atoms with Gasteiger partial charge in [-0.2, -0.15) is 0 Å². The molecule has 0 aliphatic carbocycles. The van der Waals surface area contributed by atoms with Gasteiger partial charge < -0.3 is 15.0 Å². The van der Waals surface area contributed by atoms with Crippen molar-refractivity contribution in [3.05, 3.63) is 59.7 Å². The van der Waals surface area contributed by atoms with Crippen molar-refractivity contribution in [3.63, 3.8) is 0 Å². The van der Waals surface area contributed by atoms with Crippen molar-refractivity contribution >= 4 is 17.5 Å². The molecule has 0 bridgehead atoms. The summed E-state index contributed by atoms with van der Waals surface area (Å²) >= 11 is 0. The summed E-state index contributed by atoms with van der Waals surface area (Å²) in [5.41, 5.74) is 2.51. The Bertz CT molecular complexity index is 899. The average Bonchev–Trinajstić information content (AvgIpc) is 3.23. The van der Waals surface area contributed by atoms with Gasteiger partial charge in [-0.15, -0.1) is 0 Å². The molecule has 2 amide bonds. The number of nitrogens with zero attached hydrogens (tertiary/aromatic N) is 2. The quantitative estimate of drug-likeness (QED) is 0.847. The number of hydrogen-bond acceptors (Lipinski definition) is 4. The molecular weight excluding hydrogens is 366 g/mol. The molecule has 4 rings (SSSR count). The first-order valence-corrected chi connectivity index (χ1v) is 10.2. The van der Waals surface area contributed by atoms with Crippen molar-refractivity contribution in [1.29, 1.82) is 0 Å². The zero-order valence-electron chi connectivity index (χ0n) is 16.9. The second-order valence-corrected chi connectivity index (χ2v) is 7.66. The Balaban J connectivity index is 1.46. The van der Waals surface area contributed by atoms with E-state index in [2.05, 4.69) is 41.4 Å². The van der Waals surface area contributed by atoms with Crippen LogP contribution >= 0.6 is 0 Å². The lowest BCUT2D eigenvalue weighted by atomic mass is 10.1. The van der Waals surface area contributed by atoms with Crippen LogP contribution in [0.15, 0.2) is 48.5 Å². The second-order valence-electron chi connectivity index (χ2n) is 7.66. The standard InChI is InChI=1S/C23H27N3O3/c1-3-26(19-11-12-25(14-19)16(2)17-7-5-4-6-8-17)23(28)18-9-10-20-21(13-18)29-15-22(27)24-20/h4-10,13,16,19H,3,11-12,14-15H2,1-2H3,(H,24,27). The number of benzene rings is 2. The van der Waals surface area contributed by atoms with Gasteiger partial charge in [0.1, 0.15) is 5.75 Å². The van der Waals surface area contributed by atoms with Crippen LogP contribution in [0.1, 0.15) is 42.2 Å². The summed E-state index contributed by atoms with van der Waals surface area (Å²) in [7, 11) is 0. The number of carbonyl (C=O) groups is 2. The molecule has 2 atom stereocenters. The Morgan fingerprint density at radius 3 is 2.83 bits per heavy atom. The Morgan fingerprint density at radius 2 is 2.07 bits per heavy atom. The van der Waals surface area contributed by atoms with Crippen LogP contribution in [0.25, 0.3) is 0 Å². The van der Waals surface area contributed by atoms with Crippen molar-refractivity contribution in [2.24, 2.45) is 0 Å². The molecule has 2 aliphatic heterocycles. The molecule has 0 spiro atoms. The summed E-state index contributed by atoms with van der Waals surface area (Å²) in [6, 6.07) is 16.3. The molecule has 152 valence electrons. The molecule has 2 aromatic carbocycles. The summed E-state index contributed by atoms with van der Waals surface area (Å²) in [4.78, 5) is 29.1. The Morgan fingerprint density at radius 1 is 1.28 bits per heavy atom. The maximum atomic E-state index is 13.2. The number of fused-ring (bicyclic) bond motifs is 1. The van der Waals surface area contributed by atoms with Gasteiger partial charge in [-0.1, -0.05) is 30.3 Å². The number of rotatable bonds is 5. The van der Waals surface area contributed by atoms with E-state index in [4.69, 9.17) is 4.74 Å². The molecule has 29 heavy (non-hydrogen) atoms. The molecule has 0 saturated carbocycles. The molecule has 2 unspecified atom stereocenters. The maximum Gasteiger partial charge on any atom is 0.262 e. The van der Waals surface area contributed by atoms with E-state index in [1.807, 2.05) is 17.9 Å². The van der Waals surface area contributed by atoms with Crippen LogP contribution in [0.5, 0.6) is 5.75 Å². The summed E-state index contributed by atoms with van der Waals surface area (Å²) in [5.74, 6) is 0.387. The highest BCUT2D eigenvalue weighted by Crippen LogP contribution is 2.31. The number of likely N-dealkylation sites (tertiary alicyclic amines) is 1. The minimum atomic E-state index is -0.176. The highest BCUT2D eigenvalue weighted by Gasteiger charge is 2.33. The molecule has 2 aromatic rings. The highest BCUT2D eigenvalue weighted by molar-refractivity contribution is 5.99. The van der Waals surface area contributed by atoms with Gasteiger partial charge in [0.2, 0.25) is 0 Å². The zero-order chi connectivity index (χ0) is 20.4. The van der Waals surface area contributed by atoms with E-state index in [1.54, 1.807) is 18.2 Å². The van der Waals surface area contributed by atoms with Gasteiger partial charge in [-0.05, 0) is 44.0 Å². The number of anilines is 1. The van der Waals surface area contributed by atoms with Crippen molar-refractivity contribution < 1.29 is 14.3 Å². The third kappa shape index (κ3) is 3.98. The predicted octanol–water partition coefficient (Wildman–Crippen LogP) is 3.32. The Labute approximate surface area is 171 Å². The van der Waals surface area contributed by atoms with E-state index >= 15 is 0 Å². The summed E-state index contributed by atoms with van der Waals surface area (Å²) in [6.45, 7) is 6.74. The van der Waals surface area contributed by atoms with Gasteiger partial charge in [-0.25, -0.2) is 0 Å². The molecule has 6 nitrogen and oxygen atoms in total. The van der Waals surface area contributed by atoms with Gasteiger partial charge in [0, 0.05) is 37.3 Å². The summed E-state index contributed by atoms with van der Waals surface area (Å²) < 4.78 is 5.47. The number of carbonyl (C=O) groups excluding carboxylic acids is 2. The van der Waals surface area contributed by atoms with Crippen LogP contribution < -0.4 is 10.1 Å². The summed E-state index contributed by atoms with van der Waals surface area (Å²) in [6.07, 6.45) is 0.967. The first kappa shape index (κ1) is 19.5. The molecule has 6 heteroatoms. The first-order valence-electron chi connectivity index (χ1n) is 10.2. The van der Waals surface area contributed by atoms with E-state index in [-0.39, 0.29) is 24.5 Å². The molecule has 1 saturated heterocycles. The van der Waals surface area contributed by atoms with Crippen LogP contribution in [0.2, 0.25) is 0 Å². The van der Waals surface area contributed by atoms with E-state index in [0.717, 1.165) is 19.5 Å². The third-order valence-corrected chi connectivity index (χ3v) is 5.93. The zero-order valence-corrected chi connectivity index (χ0v) is 16.9. The monoisotopic (exact) mass is 393 g/mol. The molecule has 2 heterocycles. The van der Waals surface area contributed by atoms with E-state index in [9.17, 15) is 9.59 Å². The lowest BCUT2D eigenvalue weighted by Gasteiger charge is -2.30. The highest BCUT2D eigenvalue weighted by atomic mass is 16.5. The fourth-order valence-corrected chi connectivity index (χ4v) is 4.26. The van der Waals surface area contributed by atoms with Crippen molar-refractivity contribution in [3.8, 4) is 5.75 Å². The topological polar surface area (TPSA) is 61.9 Å². The van der Waals surface area contributed by atoms with Crippen LogP contribution in [0.4, 0.5) is 5.69 Å². The average molecular weight is 393 g/mol. The lowest BCUT2D eigenvalue weighted by Crippen LogP contribution is -2.42. The molecule has 1 fully saturated rings. The first-order chi connectivity index (χ1) is 14.1. The predicted molar refractivity (Wildman–Crippen MR) is 112 cm³/mol. The Kier molecular flexibility index (Phi) is 5.53. The third-order valence-electron chi connectivity index (χ3n) is 5.93. The van der Waals surface area contributed by atoms with Crippen LogP contribution in [-0.4, -0.2) is 53.9 Å². The molecule has 2 aliphatic rings. The number of nitrogens with one attached hydrogen (secondary N) is 1. The largest absolute Gasteiger partial charge is 0.482 e. The fourth-order valence-electron chi connectivity index (χ4n) is 4.26. The molecular formula is C23H27N3O3. The Hall–Kier alpha value is -2.86. The van der Waals surface area contributed by atoms with E-state index in [1.165, 1.54) is 5.56 Å². The van der Waals surface area contributed by atoms with Crippen molar-refractivity contribution in [1.82, 2.24) is 9.80 Å². The van der Waals surface area contributed by atoms with Crippen LogP contribution in [0.3, 0.4) is 0 Å². The summed E-state index contributed by atoms with van der Waals surface area (Å²) in [5, 5.41) is 2.76. The van der Waals surface area contributed by atoms with Gasteiger partial charge in [0.15, 0.2) is 6.61 Å². The van der Waals surface area contributed by atoms with Gasteiger partial charge in [0.25, 0.3) is 11.8 Å². The number of hydrogen-bond donors (Lipinski definition) is 1. The second kappa shape index (κ2) is 8.25. The van der Waals surface area contributed by atoms with Crippen LogP contribution in [-0.2, 0) is 4.79 Å². The SMILES string of the molecule is CCN(C(=O)c1ccc2c(c1)OCC(=O)N2)C1CCN(C(C)c2ccccc2)C1. The maximum absolute atomic E-state index is 13.2. The fraction of sp³-hybridized carbons (Fsp3) is 0.391. The van der Waals surface area contributed by atoms with E-state index in [0.29, 0.717) is 29.6 Å². The van der Waals surface area contributed by atoms with Crippen molar-refractivity contribution in [2.45, 2.75) is 32.4 Å². The van der Waals surface area contributed by atoms with Gasteiger partial charge >= 0.3 is 0 Å². The minimum absolute atomic E-state index is 0.00927. The van der Waals surface area contributed by atoms with Crippen LogP contribution in [0, 0.1) is 0 Å². The molecule has 0 radical (unpaired) electrons. The normalized spacial score (nSPS) is 19.8. The number of ether oxygens (including phenoxy) is 1. The molecule has 1 N–H and O–H groups in total. The van der Waals surface area contributed by atoms with Gasteiger partial charge in [0.05, 0.1) is 5.69 Å².